The minimum Gasteiger partial charge on any atom is -0.496 e. The molecule has 2 aromatic carbocycles. The number of benzene rings is 2. The smallest absolute Gasteiger partial charge is 0.495 e. The molecule has 8 saturated carbocycles. The van der Waals surface area contributed by atoms with Gasteiger partial charge in [0.05, 0.1) is 42.0 Å². The van der Waals surface area contributed by atoms with Crippen LogP contribution in [0.4, 0.5) is 0 Å². The fourth-order valence-electron chi connectivity index (χ4n) is 14.3. The van der Waals surface area contributed by atoms with E-state index in [0.29, 0.717) is 36.6 Å². The van der Waals surface area contributed by atoms with Crippen LogP contribution in [0.15, 0.2) is 54.5 Å². The summed E-state index contributed by atoms with van der Waals surface area (Å²) >= 11 is 0. The van der Waals surface area contributed by atoms with E-state index >= 15 is 0 Å². The van der Waals surface area contributed by atoms with Crippen molar-refractivity contribution >= 4 is 56.0 Å². The van der Waals surface area contributed by atoms with Crippen molar-refractivity contribution in [2.75, 3.05) is 7.11 Å². The molecule has 11 aliphatic rings. The van der Waals surface area contributed by atoms with E-state index in [1.54, 1.807) is 19.3 Å². The summed E-state index contributed by atoms with van der Waals surface area (Å²) in [5, 5.41) is 0. The van der Waals surface area contributed by atoms with Crippen molar-refractivity contribution in [1.82, 2.24) is 0 Å². The standard InChI is InChI=1S/C27H35BO6.C27H35BO5/c1-24(2)25(3,4)32-28(31-24)23-15-20(7-6-19(23)8-9-30-16-29)26(5)27(34-33-26)21-11-17-10-18(13-21)14-22(27)12-17;1-26(2)27(3,4)33-28(32-26)23-15-20(7-6-19(23)8-9-31-16-29)25(30-5)24-21-11-17-10-18(13-21)14-22(24)12-17/h6-9,15-18,21-22H,10-14H2,1-5H3;6-9,15-18,21-22H,10-14H2,1-5H3/b9-8+;9-8+,25-24?. The van der Waals surface area contributed by atoms with Gasteiger partial charge in [-0.25, -0.2) is 9.78 Å². The molecule has 3 aliphatic heterocycles. The highest BCUT2D eigenvalue weighted by Crippen LogP contribution is 2.69. The Hall–Kier alpha value is -3.71. The van der Waals surface area contributed by atoms with Crippen LogP contribution in [-0.2, 0) is 57.8 Å². The largest absolute Gasteiger partial charge is 0.496 e. The zero-order valence-corrected chi connectivity index (χ0v) is 41.3. The van der Waals surface area contributed by atoms with Crippen LogP contribution < -0.4 is 10.9 Å². The van der Waals surface area contributed by atoms with Crippen LogP contribution in [0, 0.1) is 47.3 Å². The number of carbonyl (C=O) groups excluding carboxylic acids is 2. The number of rotatable bonds is 11. The van der Waals surface area contributed by atoms with Crippen molar-refractivity contribution in [1.29, 1.82) is 0 Å². The first-order valence-electron chi connectivity index (χ1n) is 25.0. The second-order valence-electron chi connectivity index (χ2n) is 23.5. The number of methoxy groups -OCH3 is 1. The van der Waals surface area contributed by atoms with Gasteiger partial charge in [-0.1, -0.05) is 36.4 Å². The number of ether oxygens (including phenoxy) is 3. The van der Waals surface area contributed by atoms with E-state index < -0.39 is 42.2 Å². The SMILES string of the molecule is CC1(C)OB(c2cc(C3(C)OOC34C3CC5CC(C3)CC4C5)ccc2/C=C/OC=O)OC1(C)C.COC(=C1C2CC3CC(C2)CC1C3)c1ccc(/C=C/OC=O)c(B2OC(C)(C)C(C)(C)O2)c1. The van der Waals surface area contributed by atoms with Crippen molar-refractivity contribution in [3.8, 4) is 0 Å². The highest BCUT2D eigenvalue weighted by Gasteiger charge is 2.73. The quantitative estimate of drug-likeness (QED) is 0.0929. The molecule has 1 unspecified atom stereocenters. The summed E-state index contributed by atoms with van der Waals surface area (Å²) in [6.07, 6.45) is 19.4. The van der Waals surface area contributed by atoms with Gasteiger partial charge < -0.3 is 32.8 Å². The summed E-state index contributed by atoms with van der Waals surface area (Å²) in [5.41, 5.74) is 4.68. The van der Waals surface area contributed by atoms with Crippen LogP contribution in [-0.4, -0.2) is 62.3 Å². The Morgan fingerprint density at radius 1 is 0.567 bits per heavy atom. The third-order valence-corrected chi connectivity index (χ3v) is 18.7. The first-order chi connectivity index (χ1) is 31.8. The van der Waals surface area contributed by atoms with Crippen LogP contribution in [0.5, 0.6) is 0 Å². The van der Waals surface area contributed by atoms with E-state index in [0.717, 1.165) is 62.6 Å². The average Bonchev–Trinajstić information content (AvgIpc) is 3.63. The van der Waals surface area contributed by atoms with Crippen molar-refractivity contribution < 1.29 is 52.2 Å². The van der Waals surface area contributed by atoms with E-state index in [-0.39, 0.29) is 5.60 Å². The van der Waals surface area contributed by atoms with Gasteiger partial charge in [-0.3, -0.25) is 9.59 Å². The summed E-state index contributed by atoms with van der Waals surface area (Å²) in [7, 11) is 0.737. The lowest BCUT2D eigenvalue weighted by Gasteiger charge is -2.69. The minimum atomic E-state index is -0.542. The normalized spacial score (nSPS) is 36.4. The van der Waals surface area contributed by atoms with Crippen LogP contribution >= 0.6 is 0 Å². The monoisotopic (exact) mass is 917 g/mol. The third-order valence-electron chi connectivity index (χ3n) is 18.7. The van der Waals surface area contributed by atoms with Crippen molar-refractivity contribution in [3.63, 3.8) is 0 Å². The predicted octanol–water partition coefficient (Wildman–Crippen LogP) is 9.44. The number of hydrogen-bond acceptors (Lipinski definition) is 11. The van der Waals surface area contributed by atoms with Gasteiger partial charge in [-0.2, -0.15) is 0 Å². The second kappa shape index (κ2) is 17.0. The summed E-state index contributed by atoms with van der Waals surface area (Å²) in [6.45, 7) is 19.5. The molecule has 13 heteroatoms. The highest BCUT2D eigenvalue weighted by atomic mass is 17.3. The molecule has 8 bridgehead atoms. The summed E-state index contributed by atoms with van der Waals surface area (Å²) in [4.78, 5) is 33.5. The van der Waals surface area contributed by atoms with Gasteiger partial charge in [0.25, 0.3) is 12.9 Å². The Labute approximate surface area is 398 Å². The van der Waals surface area contributed by atoms with Gasteiger partial charge in [-0.15, -0.1) is 0 Å². The van der Waals surface area contributed by atoms with E-state index in [2.05, 4.69) is 86.6 Å². The van der Waals surface area contributed by atoms with Crippen LogP contribution in [0.2, 0.25) is 0 Å². The highest BCUT2D eigenvalue weighted by molar-refractivity contribution is 6.63. The van der Waals surface area contributed by atoms with Crippen molar-refractivity contribution in [2.24, 2.45) is 47.3 Å². The van der Waals surface area contributed by atoms with Crippen LogP contribution in [0.1, 0.15) is 149 Å². The summed E-state index contributed by atoms with van der Waals surface area (Å²) in [6, 6.07) is 12.6. The van der Waals surface area contributed by atoms with E-state index in [1.807, 2.05) is 12.1 Å². The van der Waals surface area contributed by atoms with E-state index in [9.17, 15) is 9.59 Å². The van der Waals surface area contributed by atoms with Crippen molar-refractivity contribution in [3.05, 3.63) is 76.7 Å². The molecule has 3 heterocycles. The molecule has 0 amide bonds. The average molecular weight is 917 g/mol. The minimum absolute atomic E-state index is 0.258. The molecule has 2 aromatic rings. The van der Waals surface area contributed by atoms with E-state index in [1.165, 1.54) is 82.3 Å². The maximum absolute atomic E-state index is 10.7. The Balaban J connectivity index is 0.000000157. The number of allylic oxidation sites excluding steroid dienone is 1. The molecule has 0 radical (unpaired) electrons. The molecular formula is C54H70B2O11. The molecule has 1 atom stereocenters. The number of carbonyl (C=O) groups is 2. The molecular weight excluding hydrogens is 846 g/mol. The fraction of sp³-hybridized carbons (Fsp3) is 0.630. The van der Waals surface area contributed by atoms with Crippen LogP contribution in [0.3, 0.4) is 0 Å². The van der Waals surface area contributed by atoms with Crippen molar-refractivity contribution in [2.45, 2.75) is 160 Å². The molecule has 1 spiro atoms. The fourth-order valence-corrected chi connectivity index (χ4v) is 14.3. The van der Waals surface area contributed by atoms with Gasteiger partial charge in [-0.05, 0) is 219 Å². The topological polar surface area (TPSA) is 117 Å². The molecule has 67 heavy (non-hydrogen) atoms. The van der Waals surface area contributed by atoms with Gasteiger partial charge >= 0.3 is 14.2 Å². The Bertz CT molecular complexity index is 2260. The lowest BCUT2D eigenvalue weighted by molar-refractivity contribution is -0.590. The lowest BCUT2D eigenvalue weighted by atomic mass is 9.45. The molecule has 11 nitrogen and oxygen atoms in total. The Kier molecular flexibility index (Phi) is 11.9. The first-order valence-corrected chi connectivity index (χ1v) is 25.0. The molecule has 0 aromatic heterocycles. The molecule has 3 saturated heterocycles. The van der Waals surface area contributed by atoms with Gasteiger partial charge in [0.1, 0.15) is 11.4 Å². The number of hydrogen-bond donors (Lipinski definition) is 0. The van der Waals surface area contributed by atoms with Crippen LogP contribution in [0.25, 0.3) is 17.9 Å². The van der Waals surface area contributed by atoms with Gasteiger partial charge in [0.15, 0.2) is 5.60 Å². The zero-order chi connectivity index (χ0) is 47.3. The maximum atomic E-state index is 10.7. The van der Waals surface area contributed by atoms with E-state index in [4.69, 9.17) is 42.6 Å². The molecule has 13 rings (SSSR count). The zero-order valence-electron chi connectivity index (χ0n) is 41.3. The van der Waals surface area contributed by atoms with Gasteiger partial charge in [0.2, 0.25) is 0 Å². The molecule has 358 valence electrons. The summed E-state index contributed by atoms with van der Waals surface area (Å²) in [5.74, 6) is 6.93. The molecule has 8 aliphatic carbocycles. The predicted molar refractivity (Wildman–Crippen MR) is 257 cm³/mol. The molecule has 11 fully saturated rings. The third kappa shape index (κ3) is 7.81. The lowest BCUT2D eigenvalue weighted by Crippen LogP contribution is -2.75. The maximum Gasteiger partial charge on any atom is 0.495 e. The molecule has 0 N–H and O–H groups in total. The first kappa shape index (κ1) is 47.0. The Morgan fingerprint density at radius 2 is 1.00 bits per heavy atom. The Morgan fingerprint density at radius 3 is 1.42 bits per heavy atom. The van der Waals surface area contributed by atoms with Gasteiger partial charge in [0, 0.05) is 5.56 Å². The summed E-state index contributed by atoms with van der Waals surface area (Å²) < 4.78 is 41.3. The second-order valence-corrected chi connectivity index (χ2v) is 23.5.